The number of para-hydroxylation sites is 1. The van der Waals surface area contributed by atoms with Crippen LogP contribution < -0.4 is 10.5 Å². The van der Waals surface area contributed by atoms with Gasteiger partial charge in [0.25, 0.3) is 5.91 Å². The average molecular weight is 425 g/mol. The summed E-state index contributed by atoms with van der Waals surface area (Å²) in [6, 6.07) is 19.1. The van der Waals surface area contributed by atoms with Crippen molar-refractivity contribution in [2.24, 2.45) is 5.73 Å². The first-order chi connectivity index (χ1) is 15.6. The summed E-state index contributed by atoms with van der Waals surface area (Å²) in [5.74, 6) is 1.30. The van der Waals surface area contributed by atoms with Crippen molar-refractivity contribution in [2.75, 3.05) is 13.1 Å². The number of nitrogens with two attached hydrogens (primary N) is 1. The summed E-state index contributed by atoms with van der Waals surface area (Å²) in [6.45, 7) is 2.07. The van der Waals surface area contributed by atoms with E-state index in [0.29, 0.717) is 28.6 Å². The maximum Gasteiger partial charge on any atom is 0.254 e. The number of fused-ring (bicyclic) bond motifs is 1. The highest BCUT2D eigenvalue weighted by molar-refractivity contribution is 6.05. The minimum atomic E-state index is -0.535. The first-order valence-corrected chi connectivity index (χ1v) is 10.8. The molecule has 0 bridgehead atoms. The van der Waals surface area contributed by atoms with E-state index in [2.05, 4.69) is 17.8 Å². The fourth-order valence-corrected chi connectivity index (χ4v) is 4.31. The predicted octanol–water partition coefficient (Wildman–Crippen LogP) is 3.02. The molecule has 2 aromatic heterocycles. The Hall–Kier alpha value is -3.65. The second-order valence-electron chi connectivity index (χ2n) is 8.21. The largest absolute Gasteiger partial charge is 0.457 e. The number of ether oxygens (including phenoxy) is 1. The summed E-state index contributed by atoms with van der Waals surface area (Å²) >= 11 is 0. The van der Waals surface area contributed by atoms with Crippen LogP contribution in [-0.4, -0.2) is 46.4 Å². The van der Waals surface area contributed by atoms with Crippen molar-refractivity contribution in [3.05, 3.63) is 78.1 Å². The van der Waals surface area contributed by atoms with Crippen LogP contribution in [0.15, 0.2) is 66.9 Å². The molecule has 7 nitrogen and oxygen atoms in total. The van der Waals surface area contributed by atoms with E-state index in [9.17, 15) is 4.79 Å². The van der Waals surface area contributed by atoms with Crippen LogP contribution in [0, 0.1) is 0 Å². The minimum absolute atomic E-state index is 0.344. The van der Waals surface area contributed by atoms with Gasteiger partial charge < -0.3 is 15.3 Å². The molecule has 32 heavy (non-hydrogen) atoms. The van der Waals surface area contributed by atoms with E-state index in [1.165, 1.54) is 0 Å². The summed E-state index contributed by atoms with van der Waals surface area (Å²) in [5.41, 5.74) is 9.03. The number of piperidine rings is 1. The lowest BCUT2D eigenvalue weighted by molar-refractivity contribution is 0.100. The first kappa shape index (κ1) is 20.3. The van der Waals surface area contributed by atoms with Gasteiger partial charge in [0.15, 0.2) is 13.6 Å². The van der Waals surface area contributed by atoms with Gasteiger partial charge in [-0.05, 0) is 68.4 Å². The monoisotopic (exact) mass is 425 g/mol. The summed E-state index contributed by atoms with van der Waals surface area (Å²) in [4.78, 5) is 19.2. The Labute approximate surface area is 187 Å². The maximum absolute atomic E-state index is 12.4. The van der Waals surface area contributed by atoms with Crippen LogP contribution in [0.1, 0.15) is 34.8 Å². The SMILES string of the molecule is BN1CCC(c2ccnc3c(C(N)=O)c(-c4ccc(Oc5ccccc5)cc4)nn23)CC1. The maximum atomic E-state index is 12.4. The standard InChI is InChI=1S/C24H24BN5O2/c25-29-14-11-16(12-15-29)20-10-13-27-24-21(23(26)31)22(28-30(20)24)17-6-8-19(9-7-17)32-18-4-2-1-3-5-18/h1-10,13,16H,11-12,14-15,25H2,(H2,26,31). The smallest absolute Gasteiger partial charge is 0.254 e. The molecular formula is C24H24BN5O2. The van der Waals surface area contributed by atoms with Gasteiger partial charge in [0, 0.05) is 23.4 Å². The van der Waals surface area contributed by atoms with Gasteiger partial charge in [0.2, 0.25) is 0 Å². The number of benzene rings is 2. The van der Waals surface area contributed by atoms with E-state index in [4.69, 9.17) is 15.6 Å². The number of amides is 1. The fourth-order valence-electron chi connectivity index (χ4n) is 4.31. The lowest BCUT2D eigenvalue weighted by Gasteiger charge is -2.29. The molecular weight excluding hydrogens is 401 g/mol. The lowest BCUT2D eigenvalue weighted by Crippen LogP contribution is -2.31. The van der Waals surface area contributed by atoms with Crippen molar-refractivity contribution < 1.29 is 9.53 Å². The third-order valence-electron chi connectivity index (χ3n) is 6.04. The highest BCUT2D eigenvalue weighted by Crippen LogP contribution is 2.32. The molecule has 1 fully saturated rings. The highest BCUT2D eigenvalue weighted by Gasteiger charge is 2.25. The molecule has 0 spiro atoms. The normalized spacial score (nSPS) is 15.1. The van der Waals surface area contributed by atoms with Crippen molar-refractivity contribution in [1.29, 1.82) is 0 Å². The predicted molar refractivity (Wildman–Crippen MR) is 126 cm³/mol. The second-order valence-corrected chi connectivity index (χ2v) is 8.21. The number of aromatic nitrogens is 3. The number of hydrogen-bond donors (Lipinski definition) is 1. The fraction of sp³-hybridized carbons (Fsp3) is 0.208. The number of nitrogens with zero attached hydrogens (tertiary/aromatic N) is 4. The quantitative estimate of drug-likeness (QED) is 0.497. The molecule has 2 N–H and O–H groups in total. The van der Waals surface area contributed by atoms with Gasteiger partial charge in [-0.2, -0.15) is 5.10 Å². The van der Waals surface area contributed by atoms with E-state index >= 15 is 0 Å². The molecule has 0 unspecified atom stereocenters. The molecule has 0 atom stereocenters. The molecule has 4 aromatic rings. The van der Waals surface area contributed by atoms with Crippen LogP contribution >= 0.6 is 0 Å². The van der Waals surface area contributed by atoms with Crippen molar-refractivity contribution in [3.8, 4) is 22.8 Å². The number of rotatable bonds is 5. The van der Waals surface area contributed by atoms with Gasteiger partial charge in [0.1, 0.15) is 22.8 Å². The Bertz CT molecular complexity index is 1250. The molecule has 1 amide bonds. The molecule has 2 aromatic carbocycles. The van der Waals surface area contributed by atoms with Gasteiger partial charge in [-0.1, -0.05) is 18.2 Å². The van der Waals surface area contributed by atoms with Gasteiger partial charge in [-0.15, -0.1) is 0 Å². The highest BCUT2D eigenvalue weighted by atomic mass is 16.5. The van der Waals surface area contributed by atoms with E-state index < -0.39 is 5.91 Å². The third kappa shape index (κ3) is 3.85. The Kier molecular flexibility index (Phi) is 5.37. The number of hydrogen-bond acceptors (Lipinski definition) is 5. The number of carbonyl (C=O) groups excluding carboxylic acids is 1. The van der Waals surface area contributed by atoms with Crippen molar-refractivity contribution in [2.45, 2.75) is 18.8 Å². The van der Waals surface area contributed by atoms with E-state index in [1.54, 1.807) is 10.7 Å². The van der Waals surface area contributed by atoms with E-state index in [0.717, 1.165) is 42.9 Å². The Morgan fingerprint density at radius 3 is 2.38 bits per heavy atom. The Morgan fingerprint density at radius 1 is 1.00 bits per heavy atom. The number of primary amides is 1. The van der Waals surface area contributed by atoms with Gasteiger partial charge in [-0.3, -0.25) is 4.79 Å². The summed E-state index contributed by atoms with van der Waals surface area (Å²) in [6.07, 6.45) is 3.84. The Morgan fingerprint density at radius 2 is 1.69 bits per heavy atom. The van der Waals surface area contributed by atoms with Crippen molar-refractivity contribution in [1.82, 2.24) is 19.4 Å². The molecule has 1 aliphatic heterocycles. The zero-order valence-electron chi connectivity index (χ0n) is 17.9. The van der Waals surface area contributed by atoms with Gasteiger partial charge >= 0.3 is 0 Å². The van der Waals surface area contributed by atoms with E-state index in [1.807, 2.05) is 60.7 Å². The zero-order chi connectivity index (χ0) is 22.1. The first-order valence-electron chi connectivity index (χ1n) is 10.8. The van der Waals surface area contributed by atoms with Crippen molar-refractivity contribution in [3.63, 3.8) is 0 Å². The second kappa shape index (κ2) is 8.47. The molecule has 5 rings (SSSR count). The van der Waals surface area contributed by atoms with Crippen LogP contribution in [0.3, 0.4) is 0 Å². The van der Waals surface area contributed by atoms with Crippen LogP contribution in [0.2, 0.25) is 0 Å². The lowest BCUT2D eigenvalue weighted by atomic mass is 9.92. The molecule has 1 aliphatic rings. The number of carbonyl (C=O) groups is 1. The topological polar surface area (TPSA) is 85.8 Å². The summed E-state index contributed by atoms with van der Waals surface area (Å²) < 4.78 is 7.68. The van der Waals surface area contributed by atoms with Crippen LogP contribution in [0.5, 0.6) is 11.5 Å². The van der Waals surface area contributed by atoms with Crippen LogP contribution in [-0.2, 0) is 0 Å². The van der Waals surface area contributed by atoms with E-state index in [-0.39, 0.29) is 0 Å². The molecule has 0 saturated carbocycles. The molecule has 0 aliphatic carbocycles. The molecule has 3 heterocycles. The third-order valence-corrected chi connectivity index (χ3v) is 6.04. The summed E-state index contributed by atoms with van der Waals surface area (Å²) in [7, 11) is 2.14. The Balaban J connectivity index is 1.53. The molecule has 1 saturated heterocycles. The molecule has 8 heteroatoms. The van der Waals surface area contributed by atoms with Crippen molar-refractivity contribution >= 4 is 19.5 Å². The minimum Gasteiger partial charge on any atom is -0.457 e. The van der Waals surface area contributed by atoms with Crippen LogP contribution in [0.4, 0.5) is 0 Å². The van der Waals surface area contributed by atoms with Gasteiger partial charge in [0.05, 0.1) is 0 Å². The summed E-state index contributed by atoms with van der Waals surface area (Å²) in [5, 5.41) is 4.81. The van der Waals surface area contributed by atoms with Gasteiger partial charge in [-0.25, -0.2) is 9.50 Å². The molecule has 0 radical (unpaired) electrons. The molecule has 160 valence electrons. The zero-order valence-corrected chi connectivity index (χ0v) is 17.9. The average Bonchev–Trinajstić information content (AvgIpc) is 3.21. The van der Waals surface area contributed by atoms with Crippen LogP contribution in [0.25, 0.3) is 16.9 Å².